The minimum Gasteiger partial charge on any atom is -0.394 e. The van der Waals surface area contributed by atoms with Crippen LogP contribution in [0.2, 0.25) is 0 Å². The summed E-state index contributed by atoms with van der Waals surface area (Å²) in [6, 6.07) is -0.635. The SMILES string of the molecule is CCCCCC/C=C/CC/C=C/C(O)C(CO)NC(=O)CCCCCCCCCCCCCCCCCCCCCCC/C=C\CCCCCCCCCC. The molecule has 3 N–H and O–H groups in total. The van der Waals surface area contributed by atoms with Crippen molar-refractivity contribution in [2.24, 2.45) is 0 Å². The van der Waals surface area contributed by atoms with E-state index in [1.807, 2.05) is 6.08 Å². The first-order valence-corrected chi connectivity index (χ1v) is 24.7. The van der Waals surface area contributed by atoms with Crippen LogP contribution in [-0.2, 0) is 4.79 Å². The smallest absolute Gasteiger partial charge is 0.220 e. The number of aliphatic hydroxyl groups is 2. The molecule has 0 saturated carbocycles. The molecule has 0 spiro atoms. The number of nitrogens with one attached hydrogen (secondary N) is 1. The van der Waals surface area contributed by atoms with Crippen molar-refractivity contribution in [3.63, 3.8) is 0 Å². The predicted molar refractivity (Wildman–Crippen MR) is 244 cm³/mol. The summed E-state index contributed by atoms with van der Waals surface area (Å²) in [6.07, 6.45) is 63.0. The van der Waals surface area contributed by atoms with Gasteiger partial charge in [0.05, 0.1) is 18.8 Å². The third kappa shape index (κ3) is 43.6. The number of hydrogen-bond donors (Lipinski definition) is 3. The molecule has 0 bridgehead atoms. The molecule has 0 heterocycles. The zero-order valence-electron chi connectivity index (χ0n) is 37.2. The number of unbranched alkanes of at least 4 members (excludes halogenated alkanes) is 34. The highest BCUT2D eigenvalue weighted by atomic mass is 16.3. The van der Waals surface area contributed by atoms with Crippen molar-refractivity contribution in [1.82, 2.24) is 5.32 Å². The van der Waals surface area contributed by atoms with Gasteiger partial charge in [0.2, 0.25) is 5.91 Å². The Morgan fingerprint density at radius 3 is 1.07 bits per heavy atom. The van der Waals surface area contributed by atoms with E-state index < -0.39 is 12.1 Å². The molecule has 324 valence electrons. The van der Waals surface area contributed by atoms with Gasteiger partial charge in [-0.05, 0) is 57.8 Å². The monoisotopic (exact) mass is 772 g/mol. The number of carbonyl (C=O) groups is 1. The molecule has 55 heavy (non-hydrogen) atoms. The maximum Gasteiger partial charge on any atom is 0.220 e. The Labute approximate surface area is 344 Å². The molecule has 0 fully saturated rings. The highest BCUT2D eigenvalue weighted by Gasteiger charge is 2.17. The van der Waals surface area contributed by atoms with Crippen LogP contribution in [0.4, 0.5) is 0 Å². The fraction of sp³-hybridized carbons (Fsp3) is 0.863. The van der Waals surface area contributed by atoms with Crippen LogP contribution in [0.1, 0.15) is 264 Å². The van der Waals surface area contributed by atoms with E-state index in [2.05, 4.69) is 43.5 Å². The minimum absolute atomic E-state index is 0.0726. The van der Waals surface area contributed by atoms with Crippen LogP contribution < -0.4 is 5.32 Å². The fourth-order valence-electron chi connectivity index (χ4n) is 7.54. The molecule has 0 aromatic carbocycles. The van der Waals surface area contributed by atoms with Crippen molar-refractivity contribution in [3.8, 4) is 0 Å². The van der Waals surface area contributed by atoms with Crippen molar-refractivity contribution in [3.05, 3.63) is 36.5 Å². The number of aliphatic hydroxyl groups excluding tert-OH is 2. The van der Waals surface area contributed by atoms with Crippen molar-refractivity contribution < 1.29 is 15.0 Å². The van der Waals surface area contributed by atoms with Gasteiger partial charge >= 0.3 is 0 Å². The highest BCUT2D eigenvalue weighted by molar-refractivity contribution is 5.76. The molecule has 0 rings (SSSR count). The number of allylic oxidation sites excluding steroid dienone is 5. The molecular formula is C51H97NO3. The van der Waals surface area contributed by atoms with E-state index >= 15 is 0 Å². The van der Waals surface area contributed by atoms with Gasteiger partial charge in [-0.1, -0.05) is 237 Å². The lowest BCUT2D eigenvalue weighted by atomic mass is 10.0. The van der Waals surface area contributed by atoms with Crippen LogP contribution in [-0.4, -0.2) is 34.9 Å². The zero-order valence-corrected chi connectivity index (χ0v) is 37.2. The molecule has 1 amide bonds. The summed E-state index contributed by atoms with van der Waals surface area (Å²) in [4.78, 5) is 12.4. The molecule has 0 aromatic rings. The fourth-order valence-corrected chi connectivity index (χ4v) is 7.54. The first kappa shape index (κ1) is 53.6. The van der Waals surface area contributed by atoms with Gasteiger partial charge in [0.25, 0.3) is 0 Å². The minimum atomic E-state index is -0.858. The van der Waals surface area contributed by atoms with E-state index in [9.17, 15) is 15.0 Å². The van der Waals surface area contributed by atoms with Crippen molar-refractivity contribution in [1.29, 1.82) is 0 Å². The Morgan fingerprint density at radius 1 is 0.418 bits per heavy atom. The number of carbonyl (C=O) groups excluding carboxylic acids is 1. The first-order chi connectivity index (χ1) is 27.2. The summed E-state index contributed by atoms with van der Waals surface area (Å²) < 4.78 is 0. The van der Waals surface area contributed by atoms with Gasteiger partial charge in [0.15, 0.2) is 0 Å². The van der Waals surface area contributed by atoms with Crippen LogP contribution in [0, 0.1) is 0 Å². The van der Waals surface area contributed by atoms with Gasteiger partial charge in [-0.3, -0.25) is 4.79 Å². The normalized spacial score (nSPS) is 13.2. The Hall–Kier alpha value is -1.39. The molecule has 4 heteroatoms. The maximum atomic E-state index is 12.4. The summed E-state index contributed by atoms with van der Waals surface area (Å²) in [7, 11) is 0. The van der Waals surface area contributed by atoms with Gasteiger partial charge < -0.3 is 15.5 Å². The van der Waals surface area contributed by atoms with E-state index in [4.69, 9.17) is 0 Å². The Kier molecular flexibility index (Phi) is 45.8. The molecule has 4 nitrogen and oxygen atoms in total. The van der Waals surface area contributed by atoms with E-state index in [1.54, 1.807) is 6.08 Å². The molecule has 0 aliphatic heterocycles. The van der Waals surface area contributed by atoms with Gasteiger partial charge in [-0.15, -0.1) is 0 Å². The summed E-state index contributed by atoms with van der Waals surface area (Å²) >= 11 is 0. The highest BCUT2D eigenvalue weighted by Crippen LogP contribution is 2.16. The van der Waals surface area contributed by atoms with Crippen LogP contribution in [0.3, 0.4) is 0 Å². The Bertz CT molecular complexity index is 836. The third-order valence-electron chi connectivity index (χ3n) is 11.3. The number of amides is 1. The second-order valence-corrected chi connectivity index (χ2v) is 16.9. The van der Waals surface area contributed by atoms with Crippen LogP contribution >= 0.6 is 0 Å². The number of hydrogen-bond acceptors (Lipinski definition) is 3. The lowest BCUT2D eigenvalue weighted by Gasteiger charge is -2.19. The lowest BCUT2D eigenvalue weighted by Crippen LogP contribution is -2.45. The van der Waals surface area contributed by atoms with Crippen LogP contribution in [0.25, 0.3) is 0 Å². The van der Waals surface area contributed by atoms with Gasteiger partial charge in [-0.2, -0.15) is 0 Å². The second-order valence-electron chi connectivity index (χ2n) is 16.9. The summed E-state index contributed by atoms with van der Waals surface area (Å²) in [5.41, 5.74) is 0. The topological polar surface area (TPSA) is 69.6 Å². The van der Waals surface area contributed by atoms with Gasteiger partial charge in [0.1, 0.15) is 0 Å². The van der Waals surface area contributed by atoms with Crippen molar-refractivity contribution in [2.45, 2.75) is 276 Å². The zero-order chi connectivity index (χ0) is 40.0. The molecule has 0 aliphatic rings. The summed E-state index contributed by atoms with van der Waals surface area (Å²) in [6.45, 7) is 4.27. The first-order valence-electron chi connectivity index (χ1n) is 24.7. The number of rotatable bonds is 45. The quantitative estimate of drug-likeness (QED) is 0.0426. The van der Waals surface area contributed by atoms with Crippen LogP contribution in [0.5, 0.6) is 0 Å². The lowest BCUT2D eigenvalue weighted by molar-refractivity contribution is -0.123. The second kappa shape index (κ2) is 47.0. The Balaban J connectivity index is 3.40. The molecule has 0 aromatic heterocycles. The van der Waals surface area contributed by atoms with E-state index in [-0.39, 0.29) is 12.5 Å². The largest absolute Gasteiger partial charge is 0.394 e. The average Bonchev–Trinajstić information content (AvgIpc) is 3.19. The van der Waals surface area contributed by atoms with E-state index in [1.165, 1.54) is 212 Å². The molecule has 0 saturated heterocycles. The third-order valence-corrected chi connectivity index (χ3v) is 11.3. The molecule has 0 radical (unpaired) electrons. The van der Waals surface area contributed by atoms with Gasteiger partial charge in [0, 0.05) is 6.42 Å². The van der Waals surface area contributed by atoms with Crippen LogP contribution in [0.15, 0.2) is 36.5 Å². The van der Waals surface area contributed by atoms with Gasteiger partial charge in [-0.25, -0.2) is 0 Å². The van der Waals surface area contributed by atoms with Crippen molar-refractivity contribution in [2.75, 3.05) is 6.61 Å². The predicted octanol–water partition coefficient (Wildman–Crippen LogP) is 15.7. The van der Waals surface area contributed by atoms with Crippen molar-refractivity contribution >= 4 is 5.91 Å². The summed E-state index contributed by atoms with van der Waals surface area (Å²) in [5.74, 6) is -0.0726. The van der Waals surface area contributed by atoms with E-state index in [0.29, 0.717) is 6.42 Å². The average molecular weight is 772 g/mol. The molecule has 2 atom stereocenters. The standard InChI is InChI=1S/C51H97NO3/c1-3-5-7-9-11-13-15-16-17-18-19-20-21-22-23-24-25-26-27-28-29-30-31-32-33-34-35-36-37-39-41-43-45-47-51(55)52-49(48-53)50(54)46-44-42-40-38-14-12-10-8-6-4-2/h14,18-19,38,44,46,49-50,53-54H,3-13,15-17,20-37,39-43,45,47-48H2,1-2H3,(H,52,55)/b19-18-,38-14+,46-44+. The maximum absolute atomic E-state index is 12.4. The van der Waals surface area contributed by atoms with E-state index in [0.717, 1.165) is 32.1 Å². The molecule has 0 aliphatic carbocycles. The molecular weight excluding hydrogens is 675 g/mol. The Morgan fingerprint density at radius 2 is 0.709 bits per heavy atom. The summed E-state index contributed by atoms with van der Waals surface area (Å²) in [5, 5.41) is 22.9. The molecule has 2 unspecified atom stereocenters.